The van der Waals surface area contributed by atoms with Crippen molar-refractivity contribution in [3.05, 3.63) is 23.7 Å². The molecule has 3 nitrogen and oxygen atoms in total. The minimum Gasteiger partial charge on any atom is -0.469 e. The Kier molecular flexibility index (Phi) is 3.44. The first-order valence-corrected chi connectivity index (χ1v) is 5.67. The lowest BCUT2D eigenvalue weighted by molar-refractivity contribution is 0.177. The summed E-state index contributed by atoms with van der Waals surface area (Å²) < 4.78 is 10.8. The van der Waals surface area contributed by atoms with Crippen LogP contribution >= 0.6 is 0 Å². The predicted molar refractivity (Wildman–Crippen MR) is 58.8 cm³/mol. The zero-order valence-electron chi connectivity index (χ0n) is 9.45. The summed E-state index contributed by atoms with van der Waals surface area (Å²) in [5.41, 5.74) is 1.25. The van der Waals surface area contributed by atoms with Crippen molar-refractivity contribution in [3.63, 3.8) is 0 Å². The topological polar surface area (TPSA) is 34.4 Å². The van der Waals surface area contributed by atoms with Gasteiger partial charge in [0.05, 0.1) is 12.9 Å². The first-order chi connectivity index (χ1) is 7.31. The van der Waals surface area contributed by atoms with Gasteiger partial charge in [0.1, 0.15) is 5.76 Å². The van der Waals surface area contributed by atoms with E-state index in [-0.39, 0.29) is 0 Å². The second-order valence-corrected chi connectivity index (χ2v) is 4.15. The predicted octanol–water partition coefficient (Wildman–Crippen LogP) is 2.28. The highest BCUT2D eigenvalue weighted by molar-refractivity contribution is 5.17. The van der Waals surface area contributed by atoms with Crippen molar-refractivity contribution in [2.24, 2.45) is 5.92 Å². The number of hydrogen-bond donors (Lipinski definition) is 1. The van der Waals surface area contributed by atoms with E-state index in [0.717, 1.165) is 31.9 Å². The number of furan rings is 1. The van der Waals surface area contributed by atoms with Gasteiger partial charge in [0.25, 0.3) is 0 Å². The highest BCUT2D eigenvalue weighted by Gasteiger charge is 2.27. The first kappa shape index (κ1) is 10.7. The van der Waals surface area contributed by atoms with Crippen LogP contribution in [0.15, 0.2) is 16.7 Å². The van der Waals surface area contributed by atoms with Gasteiger partial charge < -0.3 is 14.5 Å². The number of ether oxygens (including phenoxy) is 1. The Morgan fingerprint density at radius 3 is 3.00 bits per heavy atom. The molecule has 0 spiro atoms. The number of nitrogens with one attached hydrogen (secondary N) is 1. The maximum absolute atomic E-state index is 5.44. The smallest absolute Gasteiger partial charge is 0.101 e. The summed E-state index contributed by atoms with van der Waals surface area (Å²) in [5, 5.41) is 3.51. The molecule has 2 atom stereocenters. The van der Waals surface area contributed by atoms with E-state index in [9.17, 15) is 0 Å². The molecule has 1 fully saturated rings. The first-order valence-electron chi connectivity index (χ1n) is 5.67. The zero-order chi connectivity index (χ0) is 10.7. The summed E-state index contributed by atoms with van der Waals surface area (Å²) in [6.45, 7) is 6.85. The van der Waals surface area contributed by atoms with E-state index < -0.39 is 0 Å². The molecule has 1 aromatic rings. The maximum Gasteiger partial charge on any atom is 0.101 e. The Bertz CT molecular complexity index is 302. The van der Waals surface area contributed by atoms with Gasteiger partial charge in [-0.05, 0) is 26.0 Å². The van der Waals surface area contributed by atoms with Crippen LogP contribution in [0.25, 0.3) is 0 Å². The number of rotatable bonds is 4. The highest BCUT2D eigenvalue weighted by Crippen LogP contribution is 2.29. The second-order valence-electron chi connectivity index (χ2n) is 4.15. The Balaban J connectivity index is 2.11. The molecule has 84 valence electrons. The van der Waals surface area contributed by atoms with Crippen molar-refractivity contribution in [1.82, 2.24) is 5.32 Å². The van der Waals surface area contributed by atoms with Gasteiger partial charge in [-0.3, -0.25) is 0 Å². The van der Waals surface area contributed by atoms with E-state index in [1.54, 1.807) is 0 Å². The van der Waals surface area contributed by atoms with Gasteiger partial charge in [0.15, 0.2) is 0 Å². The molecular weight excluding hydrogens is 190 g/mol. The van der Waals surface area contributed by atoms with E-state index >= 15 is 0 Å². The summed E-state index contributed by atoms with van der Waals surface area (Å²) in [6, 6.07) is 2.50. The Hall–Kier alpha value is -0.800. The minimum atomic E-state index is 0.384. The lowest BCUT2D eigenvalue weighted by Crippen LogP contribution is -2.28. The fourth-order valence-electron chi connectivity index (χ4n) is 2.22. The second kappa shape index (κ2) is 4.81. The Labute approximate surface area is 90.8 Å². The van der Waals surface area contributed by atoms with Crippen molar-refractivity contribution in [2.45, 2.75) is 26.3 Å². The van der Waals surface area contributed by atoms with Crippen LogP contribution in [0, 0.1) is 12.8 Å². The lowest BCUT2D eigenvalue weighted by atomic mass is 9.94. The van der Waals surface area contributed by atoms with Gasteiger partial charge in [-0.2, -0.15) is 0 Å². The molecular formula is C12H19NO2. The van der Waals surface area contributed by atoms with Gasteiger partial charge in [0, 0.05) is 24.1 Å². The van der Waals surface area contributed by atoms with Crippen LogP contribution in [0.5, 0.6) is 0 Å². The third kappa shape index (κ3) is 2.41. The average molecular weight is 209 g/mol. The molecule has 0 aliphatic carbocycles. The molecule has 1 N–H and O–H groups in total. The molecule has 1 aliphatic rings. The molecule has 0 radical (unpaired) electrons. The van der Waals surface area contributed by atoms with Gasteiger partial charge in [-0.25, -0.2) is 0 Å². The summed E-state index contributed by atoms with van der Waals surface area (Å²) in [6.07, 6.45) is 3.00. The van der Waals surface area contributed by atoms with Crippen LogP contribution in [0.1, 0.15) is 30.7 Å². The fraction of sp³-hybridized carbons (Fsp3) is 0.667. The molecule has 0 amide bonds. The van der Waals surface area contributed by atoms with E-state index in [1.165, 1.54) is 5.56 Å². The van der Waals surface area contributed by atoms with Crippen molar-refractivity contribution in [2.75, 3.05) is 19.8 Å². The van der Waals surface area contributed by atoms with Crippen LogP contribution < -0.4 is 5.32 Å². The van der Waals surface area contributed by atoms with E-state index in [4.69, 9.17) is 9.15 Å². The van der Waals surface area contributed by atoms with Crippen LogP contribution in [0.4, 0.5) is 0 Å². The van der Waals surface area contributed by atoms with Crippen molar-refractivity contribution in [1.29, 1.82) is 0 Å². The summed E-state index contributed by atoms with van der Waals surface area (Å²) in [7, 11) is 0. The molecule has 2 rings (SSSR count). The van der Waals surface area contributed by atoms with E-state index in [1.807, 2.05) is 13.2 Å². The molecule has 2 unspecified atom stereocenters. The van der Waals surface area contributed by atoms with Gasteiger partial charge >= 0.3 is 0 Å². The van der Waals surface area contributed by atoms with Gasteiger partial charge in [0.2, 0.25) is 0 Å². The number of aryl methyl sites for hydroxylation is 1. The monoisotopic (exact) mass is 209 g/mol. The normalized spacial score (nSPS) is 23.2. The van der Waals surface area contributed by atoms with Crippen molar-refractivity contribution < 1.29 is 9.15 Å². The van der Waals surface area contributed by atoms with Crippen LogP contribution in [-0.4, -0.2) is 19.8 Å². The highest BCUT2D eigenvalue weighted by atomic mass is 16.5. The third-order valence-corrected chi connectivity index (χ3v) is 2.97. The summed E-state index contributed by atoms with van der Waals surface area (Å²) in [5.74, 6) is 1.56. The standard InChI is InChI=1S/C12H19NO2/c1-3-13-12(10-4-5-14-7-10)11-6-9(2)15-8-11/h6,8,10,12-13H,3-5,7H2,1-2H3. The van der Waals surface area contributed by atoms with Crippen LogP contribution in [-0.2, 0) is 4.74 Å². The maximum atomic E-state index is 5.44. The zero-order valence-corrected chi connectivity index (χ0v) is 9.45. The molecule has 3 heteroatoms. The molecule has 15 heavy (non-hydrogen) atoms. The molecule has 1 saturated heterocycles. The van der Waals surface area contributed by atoms with Gasteiger partial charge in [-0.1, -0.05) is 6.92 Å². The quantitative estimate of drug-likeness (QED) is 0.826. The minimum absolute atomic E-state index is 0.384. The lowest BCUT2D eigenvalue weighted by Gasteiger charge is -2.21. The SMILES string of the molecule is CCNC(c1coc(C)c1)C1CCOC1. The molecule has 0 bridgehead atoms. The van der Waals surface area contributed by atoms with Gasteiger partial charge in [-0.15, -0.1) is 0 Å². The largest absolute Gasteiger partial charge is 0.469 e. The summed E-state index contributed by atoms with van der Waals surface area (Å²) >= 11 is 0. The van der Waals surface area contributed by atoms with Crippen molar-refractivity contribution >= 4 is 0 Å². The molecule has 2 heterocycles. The van der Waals surface area contributed by atoms with Crippen LogP contribution in [0.2, 0.25) is 0 Å². The number of hydrogen-bond acceptors (Lipinski definition) is 3. The summed E-state index contributed by atoms with van der Waals surface area (Å²) in [4.78, 5) is 0. The molecule has 0 saturated carbocycles. The molecule has 1 aliphatic heterocycles. The van der Waals surface area contributed by atoms with E-state index in [0.29, 0.717) is 12.0 Å². The van der Waals surface area contributed by atoms with Crippen LogP contribution in [0.3, 0.4) is 0 Å². The van der Waals surface area contributed by atoms with E-state index in [2.05, 4.69) is 18.3 Å². The Morgan fingerprint density at radius 2 is 2.47 bits per heavy atom. The molecule has 1 aromatic heterocycles. The average Bonchev–Trinajstić information content (AvgIpc) is 2.85. The fourth-order valence-corrected chi connectivity index (χ4v) is 2.22. The Morgan fingerprint density at radius 1 is 1.60 bits per heavy atom. The molecule has 0 aromatic carbocycles. The third-order valence-electron chi connectivity index (χ3n) is 2.97. The van der Waals surface area contributed by atoms with Crippen molar-refractivity contribution in [3.8, 4) is 0 Å².